The maximum atomic E-state index is 14.3. The van der Waals surface area contributed by atoms with E-state index in [1.54, 1.807) is 182 Å². The van der Waals surface area contributed by atoms with Gasteiger partial charge in [-0.2, -0.15) is 26.3 Å². The van der Waals surface area contributed by atoms with E-state index in [0.717, 1.165) is 0 Å². The minimum atomic E-state index is -2.92. The summed E-state index contributed by atoms with van der Waals surface area (Å²) in [4.78, 5) is 0.216. The first-order chi connectivity index (χ1) is 36.3. The first-order valence-electron chi connectivity index (χ1n) is 21.3. The van der Waals surface area contributed by atoms with Crippen molar-refractivity contribution >= 4 is 40.0 Å². The molecule has 0 atom stereocenters. The zero-order valence-corrected chi connectivity index (χ0v) is 40.5. The molecule has 9 aromatic carbocycles. The molecule has 22 heteroatoms. The Hall–Kier alpha value is -7.08. The molecule has 390 valence electrons. The predicted octanol–water partition coefficient (Wildman–Crippen LogP) is 12.5. The lowest BCUT2D eigenvalue weighted by Crippen LogP contribution is -2.56. The van der Waals surface area contributed by atoms with Crippen molar-refractivity contribution in [2.24, 2.45) is 0 Å². The summed E-state index contributed by atoms with van der Waals surface area (Å²) in [6.07, 6.45) is 0. The Morgan fingerprint density at radius 3 is 0.421 bits per heavy atom. The third-order valence-corrected chi connectivity index (χ3v) is 16.8. The molecule has 0 saturated carbocycles. The highest BCUT2D eigenvalue weighted by Crippen LogP contribution is 2.40. The molecule has 0 bridgehead atoms. The second-order valence-corrected chi connectivity index (χ2v) is 20.7. The molecule has 0 radical (unpaired) electrons. The van der Waals surface area contributed by atoms with Gasteiger partial charge in [0.05, 0.1) is 0 Å². The van der Waals surface area contributed by atoms with Gasteiger partial charge < -0.3 is 15.1 Å². The summed E-state index contributed by atoms with van der Waals surface area (Å²) in [7, 11) is -7.31. The molecule has 0 aliphatic rings. The van der Waals surface area contributed by atoms with Crippen LogP contribution in [0.2, 0.25) is 0 Å². The van der Waals surface area contributed by atoms with Gasteiger partial charge in [0, 0.05) is 0 Å². The largest absolute Gasteiger partial charge is 0.907 e. The van der Waals surface area contributed by atoms with E-state index in [-0.39, 0.29) is 0 Å². The first kappa shape index (κ1) is 58.2. The Balaban J connectivity index is 0.000000178. The Kier molecular flexibility index (Phi) is 20.4. The van der Waals surface area contributed by atoms with E-state index in [2.05, 4.69) is 0 Å². The normalized spacial score (nSPS) is 10.9. The molecule has 0 saturated heterocycles. The Bertz CT molecular complexity index is 2820. The second kappa shape index (κ2) is 26.6. The number of benzene rings is 9. The van der Waals surface area contributed by atoms with Crippen molar-refractivity contribution < 1.29 is 80.9 Å². The van der Waals surface area contributed by atoms with Crippen LogP contribution in [-0.2, 0) is 32.7 Å². The lowest BCUT2D eigenvalue weighted by atomic mass is 10.3. The highest BCUT2D eigenvalue weighted by atomic mass is 32.2. The molecule has 0 aromatic heterocycles. The third kappa shape index (κ3) is 13.1. The van der Waals surface area contributed by atoms with Crippen LogP contribution in [0.15, 0.2) is 226 Å². The average Bonchev–Trinajstić information content (AvgIpc) is 3.46. The van der Waals surface area contributed by atoms with E-state index in [4.69, 9.17) is 15.1 Å². The van der Waals surface area contributed by atoms with Crippen LogP contribution in [0.25, 0.3) is 0 Å². The molecule has 0 amide bonds. The SMILES string of the molecule is Fc1c(F)c(F)c([S+](c2ccccc2)c2ccccc2)c(F)c1F.Fc1c(F)c(F)c([S+](c2ccccc2)c2ccccc2)c(F)c1F.Fc1c(F)c(F)c([S+](c2ccccc2)c2ccccc2)c(F)c1F.[O-]B([O-])[O-]. The highest BCUT2D eigenvalue weighted by molar-refractivity contribution is 7.97. The zero-order chi connectivity index (χ0) is 55.4. The standard InChI is InChI=1S/3C18H10F5S.BO3/c3*19-13-14(20)16(22)18(17(23)15(13)21)24(11-7-3-1-4-8-11)12-9-5-2-6-10-12;2-1(3)4/h3*1-10H;/q3*+1;-3. The van der Waals surface area contributed by atoms with Crippen LogP contribution >= 0.6 is 0 Å². The molecule has 3 nitrogen and oxygen atoms in total. The molecule has 0 heterocycles. The van der Waals surface area contributed by atoms with Gasteiger partial charge in [0.2, 0.25) is 102 Å². The molecule has 76 heavy (non-hydrogen) atoms. The molecule has 0 spiro atoms. The molecule has 9 aromatic rings. The minimum Gasteiger partial charge on any atom is -0.907 e. The summed E-state index contributed by atoms with van der Waals surface area (Å²) in [5.74, 6) is -28.9. The molecular weight excluding hydrogens is 1090 g/mol. The third-order valence-electron chi connectivity index (χ3n) is 9.99. The Labute approximate surface area is 432 Å². The fourth-order valence-corrected chi connectivity index (χ4v) is 13.2. The Morgan fingerprint density at radius 2 is 0.303 bits per heavy atom. The lowest BCUT2D eigenvalue weighted by molar-refractivity contribution is -0.479. The summed E-state index contributed by atoms with van der Waals surface area (Å²) in [6, 6.07) is 49.0. The maximum absolute atomic E-state index is 14.3. The molecule has 0 N–H and O–H groups in total. The maximum Gasteiger partial charge on any atom is 0.243 e. The summed E-state index contributed by atoms with van der Waals surface area (Å²) >= 11 is 0. The fourth-order valence-electron chi connectivity index (χ4n) is 6.75. The first-order valence-corrected chi connectivity index (χ1v) is 25.0. The van der Waals surface area contributed by atoms with Crippen molar-refractivity contribution in [2.45, 2.75) is 44.1 Å². The van der Waals surface area contributed by atoms with Crippen molar-refractivity contribution in [1.29, 1.82) is 0 Å². The number of rotatable bonds is 9. The van der Waals surface area contributed by atoms with Gasteiger partial charge in [0.15, 0.2) is 29.4 Å². The minimum absolute atomic E-state index is 0.451. The van der Waals surface area contributed by atoms with Crippen LogP contribution in [0.1, 0.15) is 0 Å². The number of halogens is 15. The van der Waals surface area contributed by atoms with Crippen LogP contribution in [0, 0.1) is 87.3 Å². The van der Waals surface area contributed by atoms with Crippen LogP contribution in [0.3, 0.4) is 0 Å². The molecule has 0 fully saturated rings. The molecule has 0 unspecified atom stereocenters. The van der Waals surface area contributed by atoms with Crippen molar-refractivity contribution in [3.63, 3.8) is 0 Å². The van der Waals surface area contributed by atoms with E-state index >= 15 is 0 Å². The van der Waals surface area contributed by atoms with Crippen LogP contribution in [0.5, 0.6) is 0 Å². The van der Waals surface area contributed by atoms with E-state index in [0.29, 0.717) is 29.4 Å². The number of hydrogen-bond acceptors (Lipinski definition) is 3. The van der Waals surface area contributed by atoms with Crippen LogP contribution < -0.4 is 15.1 Å². The quantitative estimate of drug-likeness (QED) is 0.0475. The molecule has 0 aliphatic carbocycles. The molecule has 0 aliphatic heterocycles. The van der Waals surface area contributed by atoms with Gasteiger partial charge in [-0.3, -0.25) is 7.32 Å². The summed E-state index contributed by atoms with van der Waals surface area (Å²) in [5.41, 5.74) is 0. The van der Waals surface area contributed by atoms with E-state index in [1.807, 2.05) is 0 Å². The van der Waals surface area contributed by atoms with Gasteiger partial charge in [-0.1, -0.05) is 109 Å². The highest BCUT2D eigenvalue weighted by Gasteiger charge is 2.43. The topological polar surface area (TPSA) is 69.2 Å². The van der Waals surface area contributed by atoms with Crippen LogP contribution in [-0.4, -0.2) is 7.32 Å². The monoisotopic (exact) mass is 1120 g/mol. The van der Waals surface area contributed by atoms with Crippen LogP contribution in [0.4, 0.5) is 65.9 Å². The summed E-state index contributed by atoms with van der Waals surface area (Å²) < 4.78 is 208. The van der Waals surface area contributed by atoms with Crippen molar-refractivity contribution in [3.8, 4) is 0 Å². The van der Waals surface area contributed by atoms with Gasteiger partial charge in [-0.05, 0) is 72.8 Å². The van der Waals surface area contributed by atoms with Crippen molar-refractivity contribution in [2.75, 3.05) is 0 Å². The smallest absolute Gasteiger partial charge is 0.243 e. The van der Waals surface area contributed by atoms with E-state index < -0.39 is 142 Å². The number of hydrogen-bond donors (Lipinski definition) is 0. The van der Waals surface area contributed by atoms with Gasteiger partial charge in [-0.15, -0.1) is 0 Å². The molecular formula is C54H30BF15O3S3. The average molecular weight is 1120 g/mol. The lowest BCUT2D eigenvalue weighted by Gasteiger charge is -2.35. The predicted molar refractivity (Wildman–Crippen MR) is 250 cm³/mol. The van der Waals surface area contributed by atoms with Crippen molar-refractivity contribution in [3.05, 3.63) is 269 Å². The van der Waals surface area contributed by atoms with Gasteiger partial charge in [0.25, 0.3) is 0 Å². The summed E-state index contributed by atoms with van der Waals surface area (Å²) in [6.45, 7) is 0. The zero-order valence-electron chi connectivity index (χ0n) is 38.0. The molecule has 9 rings (SSSR count). The van der Waals surface area contributed by atoms with Gasteiger partial charge in [-0.25, -0.2) is 39.5 Å². The van der Waals surface area contributed by atoms with Crippen molar-refractivity contribution in [1.82, 2.24) is 0 Å². The second-order valence-electron chi connectivity index (χ2n) is 14.8. The van der Waals surface area contributed by atoms with E-state index in [1.165, 1.54) is 0 Å². The van der Waals surface area contributed by atoms with Gasteiger partial charge >= 0.3 is 0 Å². The fraction of sp³-hybridized carbons (Fsp3) is 0. The summed E-state index contributed by atoms with van der Waals surface area (Å²) in [5, 5.41) is 25.2. The Morgan fingerprint density at radius 1 is 0.197 bits per heavy atom. The van der Waals surface area contributed by atoms with Gasteiger partial charge in [0.1, 0.15) is 32.7 Å². The van der Waals surface area contributed by atoms with E-state index in [9.17, 15) is 65.9 Å².